The van der Waals surface area contributed by atoms with Crippen molar-refractivity contribution in [3.63, 3.8) is 0 Å². The molecule has 0 aliphatic carbocycles. The Morgan fingerprint density at radius 2 is 1.80 bits per heavy atom. The minimum atomic E-state index is -4.26. The summed E-state index contributed by atoms with van der Waals surface area (Å²) in [5.41, 5.74) is 0.487. The van der Waals surface area contributed by atoms with Gasteiger partial charge in [0.25, 0.3) is 10.1 Å². The summed E-state index contributed by atoms with van der Waals surface area (Å²) in [6.45, 7) is 0. The zero-order chi connectivity index (χ0) is 10.6. The van der Waals surface area contributed by atoms with Crippen LogP contribution in [0.4, 0.5) is 5.69 Å². The van der Waals surface area contributed by atoms with Crippen molar-refractivity contribution in [1.29, 1.82) is 0 Å². The largest absolute Gasteiger partial charge is 1.00 e. The van der Waals surface area contributed by atoms with E-state index in [2.05, 4.69) is 5.32 Å². The Labute approximate surface area is 110 Å². The molecule has 2 N–H and O–H groups in total. The van der Waals surface area contributed by atoms with Gasteiger partial charge in [0.1, 0.15) is 0 Å². The Hall–Kier alpha value is -0.400. The maximum atomic E-state index is 11.0. The van der Waals surface area contributed by atoms with Crippen molar-refractivity contribution in [2.75, 3.05) is 11.1 Å². The normalized spacial score (nSPS) is 10.2. The van der Waals surface area contributed by atoms with Crippen molar-refractivity contribution in [3.05, 3.63) is 30.3 Å². The van der Waals surface area contributed by atoms with Crippen LogP contribution in [-0.2, 0) is 14.9 Å². The molecule has 0 aliphatic rings. The third kappa shape index (κ3) is 6.64. The summed E-state index contributed by atoms with van der Waals surface area (Å²) in [6.07, 6.45) is 0. The Bertz CT molecular complexity index is 418. The first-order valence-electron chi connectivity index (χ1n) is 3.77. The van der Waals surface area contributed by atoms with E-state index in [1.165, 1.54) is 0 Å². The van der Waals surface area contributed by atoms with Gasteiger partial charge in [0.05, 0.1) is 0 Å². The molecular weight excluding hydrogens is 229 g/mol. The number of nitrogens with one attached hydrogen (secondary N) is 1. The molecule has 1 amide bonds. The van der Waals surface area contributed by atoms with E-state index < -0.39 is 21.8 Å². The zero-order valence-electron chi connectivity index (χ0n) is 8.17. The molecular formula is C8H9NNaO4S+. The average molecular weight is 238 g/mol. The van der Waals surface area contributed by atoms with Crippen LogP contribution in [0.1, 0.15) is 0 Å². The topological polar surface area (TPSA) is 83.5 Å². The van der Waals surface area contributed by atoms with Crippen molar-refractivity contribution in [1.82, 2.24) is 0 Å². The molecule has 0 unspecified atom stereocenters. The third-order valence-electron chi connectivity index (χ3n) is 1.37. The van der Waals surface area contributed by atoms with E-state index in [1.807, 2.05) is 0 Å². The van der Waals surface area contributed by atoms with Crippen molar-refractivity contribution in [2.24, 2.45) is 0 Å². The van der Waals surface area contributed by atoms with Gasteiger partial charge in [0, 0.05) is 5.69 Å². The predicted octanol–water partition coefficient (Wildman–Crippen LogP) is -2.48. The number of benzene rings is 1. The smallest absolute Gasteiger partial charge is 0.325 e. The van der Waals surface area contributed by atoms with E-state index in [1.54, 1.807) is 30.3 Å². The molecule has 0 heterocycles. The van der Waals surface area contributed by atoms with Crippen molar-refractivity contribution < 1.29 is 47.3 Å². The summed E-state index contributed by atoms with van der Waals surface area (Å²) >= 11 is 0. The molecule has 0 spiro atoms. The fraction of sp³-hybridized carbons (Fsp3) is 0.125. The average Bonchev–Trinajstić information content (AvgIpc) is 2.02. The monoisotopic (exact) mass is 238 g/mol. The maximum absolute atomic E-state index is 11.0. The molecule has 0 aliphatic heterocycles. The van der Waals surface area contributed by atoms with Gasteiger partial charge in [-0.25, -0.2) is 0 Å². The van der Waals surface area contributed by atoms with E-state index >= 15 is 0 Å². The molecule has 15 heavy (non-hydrogen) atoms. The fourth-order valence-corrected chi connectivity index (χ4v) is 1.29. The van der Waals surface area contributed by atoms with Crippen LogP contribution in [0.25, 0.3) is 0 Å². The number of carbonyl (C=O) groups is 1. The summed E-state index contributed by atoms with van der Waals surface area (Å²) in [7, 11) is -4.26. The fourth-order valence-electron chi connectivity index (χ4n) is 0.884. The molecule has 1 rings (SSSR count). The van der Waals surface area contributed by atoms with E-state index in [9.17, 15) is 13.2 Å². The number of carbonyl (C=O) groups excluding carboxylic acids is 1. The van der Waals surface area contributed by atoms with E-state index in [0.717, 1.165) is 0 Å². The first-order valence-corrected chi connectivity index (χ1v) is 5.38. The van der Waals surface area contributed by atoms with Crippen molar-refractivity contribution in [2.45, 2.75) is 0 Å². The summed E-state index contributed by atoms with van der Waals surface area (Å²) < 4.78 is 29.0. The Morgan fingerprint density at radius 1 is 1.27 bits per heavy atom. The van der Waals surface area contributed by atoms with Gasteiger partial charge in [0.2, 0.25) is 5.91 Å². The molecule has 0 saturated heterocycles. The van der Waals surface area contributed by atoms with Crippen molar-refractivity contribution >= 4 is 21.7 Å². The second-order valence-electron chi connectivity index (χ2n) is 2.64. The van der Waals surface area contributed by atoms with Gasteiger partial charge >= 0.3 is 29.6 Å². The molecule has 5 nitrogen and oxygen atoms in total. The van der Waals surface area contributed by atoms with E-state index in [0.29, 0.717) is 5.69 Å². The number of para-hydroxylation sites is 1. The summed E-state index contributed by atoms with van der Waals surface area (Å²) in [5, 5.41) is 2.32. The Morgan fingerprint density at radius 3 is 2.27 bits per heavy atom. The Kier molecular flexibility index (Phi) is 6.07. The molecule has 0 saturated carbocycles. The second-order valence-corrected chi connectivity index (χ2v) is 4.09. The molecule has 7 heteroatoms. The predicted molar refractivity (Wildman–Crippen MR) is 51.5 cm³/mol. The SMILES string of the molecule is O=C(CS(=O)(=O)O)Nc1ccccc1.[Na+]. The van der Waals surface area contributed by atoms with Crippen LogP contribution in [-0.4, -0.2) is 24.6 Å². The van der Waals surface area contributed by atoms with Gasteiger partial charge in [-0.05, 0) is 12.1 Å². The number of amides is 1. The number of hydrogen-bond donors (Lipinski definition) is 2. The number of rotatable bonds is 3. The first-order chi connectivity index (χ1) is 6.47. The maximum Gasteiger partial charge on any atom is 1.00 e. The summed E-state index contributed by atoms with van der Waals surface area (Å²) in [5.74, 6) is -1.69. The molecule has 0 radical (unpaired) electrons. The van der Waals surface area contributed by atoms with Crippen molar-refractivity contribution in [3.8, 4) is 0 Å². The molecule has 76 valence electrons. The first kappa shape index (κ1) is 14.6. The molecule has 0 aromatic heterocycles. The second kappa shape index (κ2) is 6.24. The van der Waals surface area contributed by atoms with E-state index in [-0.39, 0.29) is 29.6 Å². The van der Waals surface area contributed by atoms with Crippen LogP contribution in [0.3, 0.4) is 0 Å². The van der Waals surface area contributed by atoms with Gasteiger partial charge in [-0.1, -0.05) is 18.2 Å². The van der Waals surface area contributed by atoms with Crippen LogP contribution in [0, 0.1) is 0 Å². The minimum Gasteiger partial charge on any atom is -0.325 e. The molecule has 0 fully saturated rings. The van der Waals surface area contributed by atoms with Gasteiger partial charge in [-0.15, -0.1) is 0 Å². The zero-order valence-corrected chi connectivity index (χ0v) is 11.0. The van der Waals surface area contributed by atoms with Crippen LogP contribution in [0.2, 0.25) is 0 Å². The van der Waals surface area contributed by atoms with E-state index in [4.69, 9.17) is 4.55 Å². The number of anilines is 1. The van der Waals surface area contributed by atoms with Crippen LogP contribution in [0.15, 0.2) is 30.3 Å². The van der Waals surface area contributed by atoms with Crippen LogP contribution >= 0.6 is 0 Å². The third-order valence-corrected chi connectivity index (χ3v) is 2.00. The summed E-state index contributed by atoms with van der Waals surface area (Å²) in [6, 6.07) is 8.38. The Balaban J connectivity index is 0.00000196. The van der Waals surface area contributed by atoms with Gasteiger partial charge in [-0.2, -0.15) is 8.42 Å². The molecule has 1 aromatic carbocycles. The number of hydrogen-bond acceptors (Lipinski definition) is 3. The molecule has 0 atom stereocenters. The summed E-state index contributed by atoms with van der Waals surface area (Å²) in [4.78, 5) is 11.0. The molecule has 0 bridgehead atoms. The molecule has 1 aromatic rings. The standard InChI is InChI=1S/C8H9NO4S.Na/c10-8(6-14(11,12)13)9-7-4-2-1-3-5-7;/h1-5H,6H2,(H,9,10)(H,11,12,13);/q;+1. The van der Waals surface area contributed by atoms with Crippen LogP contribution < -0.4 is 34.9 Å². The quantitative estimate of drug-likeness (QED) is 0.451. The van der Waals surface area contributed by atoms with Gasteiger partial charge in [0.15, 0.2) is 5.75 Å². The van der Waals surface area contributed by atoms with Gasteiger partial charge in [-0.3, -0.25) is 9.35 Å². The van der Waals surface area contributed by atoms with Crippen LogP contribution in [0.5, 0.6) is 0 Å². The van der Waals surface area contributed by atoms with Gasteiger partial charge < -0.3 is 5.32 Å². The minimum absolute atomic E-state index is 0.